The van der Waals surface area contributed by atoms with Crippen LogP contribution in [0.1, 0.15) is 27.2 Å². The van der Waals surface area contributed by atoms with Gasteiger partial charge in [-0.25, -0.2) is 5.11 Å². The highest BCUT2D eigenvalue weighted by atomic mass is 79.9. The predicted molar refractivity (Wildman–Crippen MR) is 54.7 cm³/mol. The molecule has 0 aliphatic rings. The molecule has 0 aliphatic heterocycles. The van der Waals surface area contributed by atoms with Crippen LogP contribution in [0.25, 0.3) is 0 Å². The zero-order valence-electron chi connectivity index (χ0n) is 7.18. The van der Waals surface area contributed by atoms with Crippen molar-refractivity contribution in [2.24, 2.45) is 11.8 Å². The largest absolute Gasteiger partial charge is 0.233 e. The lowest BCUT2D eigenvalue weighted by molar-refractivity contribution is 0.0329. The van der Waals surface area contributed by atoms with Crippen LogP contribution in [0.3, 0.4) is 0 Å². The second-order valence-electron chi connectivity index (χ2n) is 3.33. The van der Waals surface area contributed by atoms with Crippen LogP contribution in [-0.4, -0.2) is 9.84 Å². The van der Waals surface area contributed by atoms with Crippen molar-refractivity contribution in [3.63, 3.8) is 0 Å². The highest BCUT2D eigenvalue weighted by Gasteiger charge is 2.18. The van der Waals surface area contributed by atoms with E-state index < -0.39 is 6.10 Å². The molecule has 2 atom stereocenters. The lowest BCUT2D eigenvalue weighted by Crippen LogP contribution is -2.19. The van der Waals surface area contributed by atoms with Gasteiger partial charge in [0.05, 0.1) is 9.84 Å². The first-order valence-electron chi connectivity index (χ1n) is 3.89. The van der Waals surface area contributed by atoms with Crippen molar-refractivity contribution in [2.45, 2.75) is 37.0 Å². The minimum absolute atomic E-state index is 0.246. The first-order valence-corrected chi connectivity index (χ1v) is 5.72. The molecular weight excluding hydrogens is 272 g/mol. The van der Waals surface area contributed by atoms with Crippen molar-refractivity contribution >= 4 is 31.9 Å². The SMILES string of the molecule is CC(C)C([O])CC(C)C(Br)Br. The van der Waals surface area contributed by atoms with E-state index in [9.17, 15) is 5.11 Å². The van der Waals surface area contributed by atoms with Crippen LogP contribution in [0.4, 0.5) is 0 Å². The van der Waals surface area contributed by atoms with Crippen molar-refractivity contribution in [3.8, 4) is 0 Å². The molecule has 0 aromatic heterocycles. The Morgan fingerprint density at radius 1 is 1.18 bits per heavy atom. The molecule has 3 heteroatoms. The van der Waals surface area contributed by atoms with Crippen LogP contribution in [0.15, 0.2) is 0 Å². The number of hydrogen-bond acceptors (Lipinski definition) is 0. The normalized spacial score (nSPS) is 17.5. The van der Waals surface area contributed by atoms with Crippen LogP contribution in [-0.2, 0) is 5.11 Å². The second kappa shape index (κ2) is 5.55. The molecule has 0 N–H and O–H groups in total. The molecule has 2 unspecified atom stereocenters. The molecule has 0 amide bonds. The molecule has 0 heterocycles. The number of rotatable bonds is 4. The maximum atomic E-state index is 11.3. The summed E-state index contributed by atoms with van der Waals surface area (Å²) in [5.74, 6) is 0.649. The third kappa shape index (κ3) is 5.21. The van der Waals surface area contributed by atoms with Gasteiger partial charge in [0.2, 0.25) is 0 Å². The Bertz CT molecular complexity index is 92.3. The molecule has 0 aromatic carbocycles. The average Bonchev–Trinajstić information content (AvgIpc) is 1.87. The van der Waals surface area contributed by atoms with Crippen molar-refractivity contribution in [1.29, 1.82) is 0 Å². The second-order valence-corrected chi connectivity index (χ2v) is 6.53. The predicted octanol–water partition coefficient (Wildman–Crippen LogP) is 3.58. The van der Waals surface area contributed by atoms with Crippen LogP contribution < -0.4 is 0 Å². The first-order chi connectivity index (χ1) is 4.95. The Hall–Kier alpha value is 0.920. The highest BCUT2D eigenvalue weighted by Crippen LogP contribution is 2.25. The van der Waals surface area contributed by atoms with Gasteiger partial charge in [0, 0.05) is 0 Å². The van der Waals surface area contributed by atoms with Crippen molar-refractivity contribution in [1.82, 2.24) is 0 Å². The summed E-state index contributed by atoms with van der Waals surface area (Å²) in [4.78, 5) is 0. The summed E-state index contributed by atoms with van der Waals surface area (Å²) in [5, 5.41) is 11.3. The fourth-order valence-electron chi connectivity index (χ4n) is 0.741. The van der Waals surface area contributed by atoms with E-state index in [1.165, 1.54) is 0 Å². The minimum Gasteiger partial charge on any atom is -0.233 e. The molecule has 1 radical (unpaired) electrons. The third-order valence-corrected chi connectivity index (χ3v) is 3.58. The smallest absolute Gasteiger partial charge is 0.0956 e. The van der Waals surface area contributed by atoms with Gasteiger partial charge in [-0.2, -0.15) is 0 Å². The summed E-state index contributed by atoms with van der Waals surface area (Å²) in [6, 6.07) is 0. The van der Waals surface area contributed by atoms with Crippen LogP contribution in [0, 0.1) is 11.8 Å². The molecule has 0 rings (SSSR count). The fourth-order valence-corrected chi connectivity index (χ4v) is 1.17. The molecule has 0 spiro atoms. The number of alkyl halides is 2. The van der Waals surface area contributed by atoms with Gasteiger partial charge in [0.15, 0.2) is 0 Å². The van der Waals surface area contributed by atoms with E-state index in [1.807, 2.05) is 13.8 Å². The summed E-state index contributed by atoms with van der Waals surface area (Å²) in [7, 11) is 0. The Kier molecular flexibility index (Phi) is 6.01. The van der Waals surface area contributed by atoms with E-state index in [2.05, 4.69) is 38.8 Å². The Morgan fingerprint density at radius 2 is 1.64 bits per heavy atom. The molecule has 0 fully saturated rings. The summed E-state index contributed by atoms with van der Waals surface area (Å²) < 4.78 is 0.269. The molecule has 1 nitrogen and oxygen atoms in total. The lowest BCUT2D eigenvalue weighted by Gasteiger charge is -2.18. The van der Waals surface area contributed by atoms with Gasteiger partial charge in [0.1, 0.15) is 0 Å². The molecular formula is C8H15Br2O. The summed E-state index contributed by atoms with van der Waals surface area (Å²) in [6.07, 6.45) is 0.307. The van der Waals surface area contributed by atoms with E-state index in [0.29, 0.717) is 5.92 Å². The number of halogens is 2. The molecule has 11 heavy (non-hydrogen) atoms. The Labute approximate surface area is 85.8 Å². The van der Waals surface area contributed by atoms with E-state index in [-0.39, 0.29) is 9.65 Å². The summed E-state index contributed by atoms with van der Waals surface area (Å²) in [5.41, 5.74) is 0. The van der Waals surface area contributed by atoms with Gasteiger partial charge >= 0.3 is 0 Å². The molecule has 0 saturated heterocycles. The topological polar surface area (TPSA) is 19.9 Å². The maximum Gasteiger partial charge on any atom is 0.0956 e. The van der Waals surface area contributed by atoms with Gasteiger partial charge in [-0.05, 0) is 18.3 Å². The molecule has 0 aliphatic carbocycles. The van der Waals surface area contributed by atoms with E-state index in [1.54, 1.807) is 0 Å². The zero-order chi connectivity index (χ0) is 9.02. The van der Waals surface area contributed by atoms with E-state index in [0.717, 1.165) is 6.42 Å². The molecule has 0 aromatic rings. The van der Waals surface area contributed by atoms with Crippen molar-refractivity contribution in [2.75, 3.05) is 0 Å². The van der Waals surface area contributed by atoms with Gasteiger partial charge in [0.25, 0.3) is 0 Å². The monoisotopic (exact) mass is 285 g/mol. The van der Waals surface area contributed by atoms with Gasteiger partial charge < -0.3 is 0 Å². The third-order valence-electron chi connectivity index (χ3n) is 1.78. The van der Waals surface area contributed by atoms with Crippen molar-refractivity contribution in [3.05, 3.63) is 0 Å². The highest BCUT2D eigenvalue weighted by molar-refractivity contribution is 9.24. The molecule has 0 saturated carbocycles. The molecule has 0 bridgehead atoms. The minimum atomic E-state index is -0.428. The van der Waals surface area contributed by atoms with Gasteiger partial charge in [-0.3, -0.25) is 0 Å². The average molecular weight is 287 g/mol. The fraction of sp³-hybridized carbons (Fsp3) is 1.00. The van der Waals surface area contributed by atoms with Crippen LogP contribution in [0.5, 0.6) is 0 Å². The van der Waals surface area contributed by atoms with Crippen LogP contribution >= 0.6 is 31.9 Å². The van der Waals surface area contributed by atoms with Crippen LogP contribution in [0.2, 0.25) is 0 Å². The van der Waals surface area contributed by atoms with Gasteiger partial charge in [-0.1, -0.05) is 52.6 Å². The first kappa shape index (κ1) is 11.9. The maximum absolute atomic E-state index is 11.3. The quantitative estimate of drug-likeness (QED) is 0.704. The Morgan fingerprint density at radius 3 is 1.91 bits per heavy atom. The molecule has 67 valence electrons. The standard InChI is InChI=1S/C8H15Br2O/c1-5(2)7(11)4-6(3)8(9)10/h5-8H,4H2,1-3H3. The summed E-state index contributed by atoms with van der Waals surface area (Å²) >= 11 is 6.79. The Balaban J connectivity index is 3.66. The summed E-state index contributed by atoms with van der Waals surface area (Å²) in [6.45, 7) is 6.02. The van der Waals surface area contributed by atoms with Gasteiger partial charge in [-0.15, -0.1) is 0 Å². The lowest BCUT2D eigenvalue weighted by atomic mass is 9.98. The van der Waals surface area contributed by atoms with Crippen molar-refractivity contribution < 1.29 is 5.11 Å². The van der Waals surface area contributed by atoms with E-state index in [4.69, 9.17) is 0 Å². The van der Waals surface area contributed by atoms with E-state index >= 15 is 0 Å². The zero-order valence-corrected chi connectivity index (χ0v) is 10.4. The number of hydrogen-bond donors (Lipinski definition) is 0.